The van der Waals surface area contributed by atoms with E-state index >= 15 is 0 Å². The molecule has 1 aliphatic carbocycles. The molecule has 0 saturated heterocycles. The summed E-state index contributed by atoms with van der Waals surface area (Å²) in [5.74, 6) is 0.323. The minimum Gasteiger partial charge on any atom is -0.410 e. The number of halogens is 1. The van der Waals surface area contributed by atoms with E-state index < -0.39 is 0 Å². The van der Waals surface area contributed by atoms with Crippen LogP contribution >= 0.6 is 11.6 Å². The molecule has 0 spiro atoms. The van der Waals surface area contributed by atoms with Gasteiger partial charge >= 0.3 is 0 Å². The minimum absolute atomic E-state index is 0.323. The van der Waals surface area contributed by atoms with E-state index in [2.05, 4.69) is 5.16 Å². The van der Waals surface area contributed by atoms with Crippen molar-refractivity contribution in [2.45, 2.75) is 38.5 Å². The molecule has 1 N–H and O–H groups in total. The molecular weight excluding hydrogens is 162 g/mol. The van der Waals surface area contributed by atoms with Gasteiger partial charge in [0, 0.05) is 5.92 Å². The Morgan fingerprint density at radius 3 is 2.18 bits per heavy atom. The van der Waals surface area contributed by atoms with Gasteiger partial charge in [0.05, 0.1) is 0 Å². The fraction of sp³-hybridized carbons (Fsp3) is 0.875. The lowest BCUT2D eigenvalue weighted by Gasteiger charge is -2.08. The van der Waals surface area contributed by atoms with Crippen molar-refractivity contribution in [1.29, 1.82) is 0 Å². The maximum absolute atomic E-state index is 8.43. The van der Waals surface area contributed by atoms with Crippen molar-refractivity contribution >= 4 is 16.8 Å². The molecule has 1 fully saturated rings. The van der Waals surface area contributed by atoms with E-state index in [9.17, 15) is 0 Å². The molecule has 0 heterocycles. The van der Waals surface area contributed by atoms with Crippen molar-refractivity contribution in [2.24, 2.45) is 11.1 Å². The average molecular weight is 176 g/mol. The van der Waals surface area contributed by atoms with Crippen LogP contribution in [0.2, 0.25) is 0 Å². The summed E-state index contributed by atoms with van der Waals surface area (Å²) in [4.78, 5) is 0. The third-order valence-corrected chi connectivity index (χ3v) is 2.67. The van der Waals surface area contributed by atoms with Crippen LogP contribution in [0.5, 0.6) is 0 Å². The van der Waals surface area contributed by atoms with Gasteiger partial charge in [-0.2, -0.15) is 0 Å². The molecule has 3 heteroatoms. The van der Waals surface area contributed by atoms with Crippen molar-refractivity contribution in [3.05, 3.63) is 0 Å². The van der Waals surface area contributed by atoms with Crippen molar-refractivity contribution in [3.63, 3.8) is 0 Å². The molecule has 0 amide bonds. The monoisotopic (exact) mass is 175 g/mol. The summed E-state index contributed by atoms with van der Waals surface area (Å²) in [5, 5.41) is 11.9. The second-order valence-corrected chi connectivity index (χ2v) is 3.50. The molecule has 1 rings (SSSR count). The second-order valence-electron chi connectivity index (χ2n) is 3.11. The summed E-state index contributed by atoms with van der Waals surface area (Å²) in [7, 11) is 0. The predicted octanol–water partition coefficient (Wildman–Crippen LogP) is 2.98. The Kier molecular flexibility index (Phi) is 3.70. The molecular formula is C8H14ClNO. The van der Waals surface area contributed by atoms with Crippen LogP contribution in [0.4, 0.5) is 0 Å². The van der Waals surface area contributed by atoms with Crippen LogP contribution in [0.3, 0.4) is 0 Å². The van der Waals surface area contributed by atoms with Crippen LogP contribution in [-0.4, -0.2) is 10.4 Å². The fourth-order valence-corrected chi connectivity index (χ4v) is 1.82. The van der Waals surface area contributed by atoms with E-state index in [0.717, 1.165) is 12.8 Å². The molecule has 0 bridgehead atoms. The van der Waals surface area contributed by atoms with Gasteiger partial charge < -0.3 is 5.21 Å². The number of oxime groups is 1. The van der Waals surface area contributed by atoms with Crippen LogP contribution in [-0.2, 0) is 0 Å². The Morgan fingerprint density at radius 1 is 1.18 bits per heavy atom. The second kappa shape index (κ2) is 4.60. The highest BCUT2D eigenvalue weighted by Crippen LogP contribution is 2.25. The van der Waals surface area contributed by atoms with E-state index in [1.165, 1.54) is 25.7 Å². The molecule has 64 valence electrons. The molecule has 0 unspecified atom stereocenters. The zero-order valence-electron chi connectivity index (χ0n) is 6.59. The van der Waals surface area contributed by atoms with Gasteiger partial charge in [0.2, 0.25) is 0 Å². The quantitative estimate of drug-likeness (QED) is 0.283. The molecule has 0 atom stereocenters. The number of hydrogen-bond acceptors (Lipinski definition) is 2. The summed E-state index contributed by atoms with van der Waals surface area (Å²) in [5.41, 5.74) is 0. The lowest BCUT2D eigenvalue weighted by atomic mass is 10.0. The van der Waals surface area contributed by atoms with Gasteiger partial charge in [-0.25, -0.2) is 0 Å². The van der Waals surface area contributed by atoms with Gasteiger partial charge in [-0.1, -0.05) is 42.4 Å². The normalized spacial score (nSPS) is 23.2. The van der Waals surface area contributed by atoms with E-state index in [0.29, 0.717) is 11.1 Å². The lowest BCUT2D eigenvalue weighted by Crippen LogP contribution is -2.07. The number of hydrogen-bond donors (Lipinski definition) is 1. The first-order valence-corrected chi connectivity index (χ1v) is 4.60. The molecule has 0 radical (unpaired) electrons. The Labute approximate surface area is 72.2 Å². The zero-order chi connectivity index (χ0) is 8.10. The molecule has 1 aliphatic rings. The van der Waals surface area contributed by atoms with E-state index in [1.54, 1.807) is 0 Å². The Balaban J connectivity index is 2.42. The van der Waals surface area contributed by atoms with E-state index in [4.69, 9.17) is 16.8 Å². The highest BCUT2D eigenvalue weighted by molar-refractivity contribution is 6.65. The third-order valence-electron chi connectivity index (χ3n) is 2.29. The van der Waals surface area contributed by atoms with Gasteiger partial charge in [0.25, 0.3) is 0 Å². The first-order valence-electron chi connectivity index (χ1n) is 4.22. The molecule has 0 aliphatic heterocycles. The van der Waals surface area contributed by atoms with Crippen molar-refractivity contribution < 1.29 is 5.21 Å². The average Bonchev–Trinajstić information content (AvgIpc) is 2.30. The van der Waals surface area contributed by atoms with Crippen LogP contribution in [0.1, 0.15) is 38.5 Å². The van der Waals surface area contributed by atoms with Gasteiger partial charge in [0.1, 0.15) is 5.17 Å². The zero-order valence-corrected chi connectivity index (χ0v) is 7.35. The summed E-state index contributed by atoms with van der Waals surface area (Å²) in [6.07, 6.45) is 7.21. The highest BCUT2D eigenvalue weighted by atomic mass is 35.5. The highest BCUT2D eigenvalue weighted by Gasteiger charge is 2.16. The Morgan fingerprint density at radius 2 is 1.73 bits per heavy atom. The van der Waals surface area contributed by atoms with Crippen molar-refractivity contribution in [3.8, 4) is 0 Å². The first kappa shape index (κ1) is 8.85. The maximum atomic E-state index is 8.43. The number of nitrogens with zero attached hydrogens (tertiary/aromatic N) is 1. The number of rotatable bonds is 1. The topological polar surface area (TPSA) is 32.6 Å². The van der Waals surface area contributed by atoms with Crippen LogP contribution in [0.25, 0.3) is 0 Å². The summed E-state index contributed by atoms with van der Waals surface area (Å²) in [6.45, 7) is 0. The SMILES string of the molecule is ON=C(Cl)C1CCCCCC1. The van der Waals surface area contributed by atoms with E-state index in [1.807, 2.05) is 0 Å². The largest absolute Gasteiger partial charge is 0.410 e. The molecule has 0 aromatic rings. The summed E-state index contributed by atoms with van der Waals surface area (Å²) >= 11 is 5.72. The van der Waals surface area contributed by atoms with Crippen LogP contribution < -0.4 is 0 Å². The summed E-state index contributed by atoms with van der Waals surface area (Å²) < 4.78 is 0. The standard InChI is InChI=1S/C8H14ClNO/c9-8(10-11)7-5-3-1-2-4-6-7/h7,11H,1-6H2. The van der Waals surface area contributed by atoms with Gasteiger partial charge in [-0.05, 0) is 12.8 Å². The third kappa shape index (κ3) is 2.70. The molecule has 2 nitrogen and oxygen atoms in total. The van der Waals surface area contributed by atoms with Gasteiger partial charge in [-0.15, -0.1) is 0 Å². The minimum atomic E-state index is 0.323. The van der Waals surface area contributed by atoms with Crippen molar-refractivity contribution in [2.75, 3.05) is 0 Å². The van der Waals surface area contributed by atoms with Crippen LogP contribution in [0, 0.1) is 5.92 Å². The molecule has 0 aromatic carbocycles. The Bertz CT molecular complexity index is 139. The molecule has 11 heavy (non-hydrogen) atoms. The van der Waals surface area contributed by atoms with Crippen LogP contribution in [0.15, 0.2) is 5.16 Å². The smallest absolute Gasteiger partial charge is 0.148 e. The summed E-state index contributed by atoms with van der Waals surface area (Å²) in [6, 6.07) is 0. The molecule has 0 aromatic heterocycles. The first-order chi connectivity index (χ1) is 5.34. The van der Waals surface area contributed by atoms with Crippen molar-refractivity contribution in [1.82, 2.24) is 0 Å². The van der Waals surface area contributed by atoms with E-state index in [-0.39, 0.29) is 0 Å². The Hall–Kier alpha value is -0.240. The maximum Gasteiger partial charge on any atom is 0.148 e. The predicted molar refractivity (Wildman–Crippen MR) is 46.3 cm³/mol. The lowest BCUT2D eigenvalue weighted by molar-refractivity contribution is 0.315. The van der Waals surface area contributed by atoms with Gasteiger partial charge in [-0.3, -0.25) is 0 Å². The molecule has 1 saturated carbocycles. The fourth-order valence-electron chi connectivity index (χ4n) is 1.60. The van der Waals surface area contributed by atoms with Gasteiger partial charge in [0.15, 0.2) is 0 Å².